The lowest BCUT2D eigenvalue weighted by Gasteiger charge is -2.08. The SMILES string of the molecule is CCc1ccccc1NC(=O)CSc1nnc([C@@H]([NH3+])CC(C)C)o1. The summed E-state index contributed by atoms with van der Waals surface area (Å²) in [6.45, 7) is 6.32. The Hall–Kier alpha value is -1.86. The van der Waals surface area contributed by atoms with Gasteiger partial charge in [-0.25, -0.2) is 0 Å². The first-order valence-corrected chi connectivity index (χ1v) is 9.15. The summed E-state index contributed by atoms with van der Waals surface area (Å²) in [5, 5.41) is 11.3. The van der Waals surface area contributed by atoms with Gasteiger partial charge in [-0.2, -0.15) is 0 Å². The van der Waals surface area contributed by atoms with Gasteiger partial charge in [0.2, 0.25) is 5.91 Å². The first-order valence-electron chi connectivity index (χ1n) is 8.16. The highest BCUT2D eigenvalue weighted by Crippen LogP contribution is 2.22. The van der Waals surface area contributed by atoms with Gasteiger partial charge >= 0.3 is 0 Å². The van der Waals surface area contributed by atoms with Crippen LogP contribution >= 0.6 is 11.8 Å². The van der Waals surface area contributed by atoms with Crippen molar-refractivity contribution in [3.63, 3.8) is 0 Å². The molecule has 1 atom stereocenters. The number of para-hydroxylation sites is 1. The molecule has 1 heterocycles. The Morgan fingerprint density at radius 3 is 2.79 bits per heavy atom. The summed E-state index contributed by atoms with van der Waals surface area (Å²) < 4.78 is 5.59. The van der Waals surface area contributed by atoms with Gasteiger partial charge in [0.25, 0.3) is 11.1 Å². The summed E-state index contributed by atoms with van der Waals surface area (Å²) >= 11 is 1.24. The van der Waals surface area contributed by atoms with Crippen LogP contribution in [0.1, 0.15) is 44.7 Å². The average molecular weight is 349 g/mol. The molecule has 2 rings (SSSR count). The van der Waals surface area contributed by atoms with Gasteiger partial charge in [-0.1, -0.05) is 50.7 Å². The molecule has 0 fully saturated rings. The summed E-state index contributed by atoms with van der Waals surface area (Å²) in [4.78, 5) is 12.1. The summed E-state index contributed by atoms with van der Waals surface area (Å²) in [6, 6.07) is 7.78. The minimum absolute atomic E-state index is 0.0166. The van der Waals surface area contributed by atoms with E-state index in [0.29, 0.717) is 17.0 Å². The lowest BCUT2D eigenvalue weighted by atomic mass is 10.1. The number of amides is 1. The highest BCUT2D eigenvalue weighted by atomic mass is 32.2. The second kappa shape index (κ2) is 8.84. The molecule has 1 aromatic heterocycles. The van der Waals surface area contributed by atoms with Crippen molar-refractivity contribution in [1.29, 1.82) is 0 Å². The Morgan fingerprint density at radius 1 is 1.33 bits per heavy atom. The Morgan fingerprint density at radius 2 is 2.08 bits per heavy atom. The van der Waals surface area contributed by atoms with Crippen molar-refractivity contribution in [2.45, 2.75) is 44.9 Å². The zero-order valence-corrected chi connectivity index (χ0v) is 15.2. The lowest BCUT2D eigenvalue weighted by Crippen LogP contribution is -2.54. The van der Waals surface area contributed by atoms with Crippen molar-refractivity contribution < 1.29 is 14.9 Å². The summed E-state index contributed by atoms with van der Waals surface area (Å²) in [7, 11) is 0. The van der Waals surface area contributed by atoms with Gasteiger partial charge in [0.05, 0.1) is 5.75 Å². The number of hydrogen-bond donors (Lipinski definition) is 2. The van der Waals surface area contributed by atoms with E-state index in [4.69, 9.17) is 4.42 Å². The van der Waals surface area contributed by atoms with E-state index in [-0.39, 0.29) is 17.7 Å². The number of nitrogens with zero attached hydrogens (tertiary/aromatic N) is 2. The van der Waals surface area contributed by atoms with Crippen molar-refractivity contribution in [3.05, 3.63) is 35.7 Å². The third-order valence-electron chi connectivity index (χ3n) is 3.53. The highest BCUT2D eigenvalue weighted by Gasteiger charge is 2.19. The van der Waals surface area contributed by atoms with Gasteiger partial charge in [0, 0.05) is 12.1 Å². The standard InChI is InChI=1S/C17H24N4O2S/c1-4-12-7-5-6-8-14(12)19-15(22)10-24-17-21-20-16(23-17)13(18)9-11(2)3/h5-8,11,13H,4,9-10,18H2,1-3H3,(H,19,22)/p+1/t13-/m0/s1. The van der Waals surface area contributed by atoms with Crippen molar-refractivity contribution in [3.8, 4) is 0 Å². The van der Waals surface area contributed by atoms with E-state index < -0.39 is 0 Å². The van der Waals surface area contributed by atoms with Crippen LogP contribution in [0.2, 0.25) is 0 Å². The van der Waals surface area contributed by atoms with E-state index >= 15 is 0 Å². The maximum absolute atomic E-state index is 12.1. The van der Waals surface area contributed by atoms with Crippen molar-refractivity contribution >= 4 is 23.4 Å². The quantitative estimate of drug-likeness (QED) is 0.714. The van der Waals surface area contributed by atoms with Gasteiger partial charge in [0.1, 0.15) is 0 Å². The molecule has 0 aliphatic rings. The number of hydrogen-bond acceptors (Lipinski definition) is 5. The molecule has 0 bridgehead atoms. The lowest BCUT2D eigenvalue weighted by molar-refractivity contribution is -0.435. The normalized spacial score (nSPS) is 12.4. The Balaban J connectivity index is 1.87. The predicted octanol–water partition coefficient (Wildman–Crippen LogP) is 2.69. The molecular formula is C17H25N4O2S+. The number of aromatic nitrogens is 2. The average Bonchev–Trinajstić information content (AvgIpc) is 3.02. The Kier molecular flexibility index (Phi) is 6.81. The van der Waals surface area contributed by atoms with Crippen molar-refractivity contribution in [2.75, 3.05) is 11.1 Å². The van der Waals surface area contributed by atoms with Gasteiger partial charge < -0.3 is 15.5 Å². The van der Waals surface area contributed by atoms with Crippen LogP contribution in [0.25, 0.3) is 0 Å². The third-order valence-corrected chi connectivity index (χ3v) is 4.34. The van der Waals surface area contributed by atoms with E-state index in [2.05, 4.69) is 42.0 Å². The van der Waals surface area contributed by atoms with Crippen molar-refractivity contribution in [1.82, 2.24) is 10.2 Å². The first-order chi connectivity index (χ1) is 11.5. The fraction of sp³-hybridized carbons (Fsp3) is 0.471. The smallest absolute Gasteiger partial charge is 0.277 e. The number of quaternary nitrogens is 1. The van der Waals surface area contributed by atoms with Crippen LogP contribution in [0.5, 0.6) is 0 Å². The number of rotatable bonds is 8. The number of aryl methyl sites for hydroxylation is 1. The molecule has 0 saturated carbocycles. The zero-order chi connectivity index (χ0) is 17.5. The fourth-order valence-electron chi connectivity index (χ4n) is 2.38. The number of nitrogens with one attached hydrogen (secondary N) is 1. The van der Waals surface area contributed by atoms with Crippen LogP contribution in [0, 0.1) is 5.92 Å². The number of carbonyl (C=O) groups excluding carboxylic acids is 1. The summed E-state index contributed by atoms with van der Waals surface area (Å²) in [5.41, 5.74) is 6.02. The first kappa shape index (κ1) is 18.5. The molecule has 2 aromatic rings. The molecule has 6 nitrogen and oxygen atoms in total. The third kappa shape index (κ3) is 5.35. The largest absolute Gasteiger partial charge is 0.410 e. The number of thioether (sulfide) groups is 1. The van der Waals surface area contributed by atoms with Gasteiger partial charge in [-0.3, -0.25) is 4.79 Å². The second-order valence-corrected chi connectivity index (χ2v) is 7.01. The molecule has 24 heavy (non-hydrogen) atoms. The van der Waals surface area contributed by atoms with E-state index in [1.54, 1.807) is 0 Å². The van der Waals surface area contributed by atoms with Crippen LogP contribution in [-0.4, -0.2) is 21.9 Å². The molecule has 0 saturated heterocycles. The maximum atomic E-state index is 12.1. The number of anilines is 1. The van der Waals surface area contributed by atoms with Gasteiger partial charge in [-0.05, 0) is 24.0 Å². The number of carbonyl (C=O) groups is 1. The summed E-state index contributed by atoms with van der Waals surface area (Å²) in [6.07, 6.45) is 1.76. The molecule has 0 radical (unpaired) electrons. The Labute approximate surface area is 146 Å². The molecule has 1 amide bonds. The van der Waals surface area contributed by atoms with Gasteiger partial charge in [0.15, 0.2) is 6.04 Å². The van der Waals surface area contributed by atoms with Crippen LogP contribution in [-0.2, 0) is 11.2 Å². The monoisotopic (exact) mass is 349 g/mol. The molecular weight excluding hydrogens is 324 g/mol. The second-order valence-electron chi connectivity index (χ2n) is 6.08. The molecule has 7 heteroatoms. The molecule has 1 aromatic carbocycles. The predicted molar refractivity (Wildman–Crippen MR) is 94.6 cm³/mol. The van der Waals surface area contributed by atoms with E-state index in [1.165, 1.54) is 11.8 Å². The molecule has 0 aliphatic heterocycles. The topological polar surface area (TPSA) is 95.7 Å². The molecule has 4 N–H and O–H groups in total. The highest BCUT2D eigenvalue weighted by molar-refractivity contribution is 7.99. The van der Waals surface area contributed by atoms with E-state index in [1.807, 2.05) is 24.3 Å². The van der Waals surface area contributed by atoms with Crippen LogP contribution in [0.3, 0.4) is 0 Å². The summed E-state index contributed by atoms with van der Waals surface area (Å²) in [5.74, 6) is 1.18. The van der Waals surface area contributed by atoms with Crippen LogP contribution < -0.4 is 11.1 Å². The fourth-order valence-corrected chi connectivity index (χ4v) is 2.95. The molecule has 130 valence electrons. The minimum Gasteiger partial charge on any atom is -0.410 e. The molecule has 0 aliphatic carbocycles. The maximum Gasteiger partial charge on any atom is 0.277 e. The van der Waals surface area contributed by atoms with E-state index in [0.717, 1.165) is 24.1 Å². The van der Waals surface area contributed by atoms with Crippen molar-refractivity contribution in [2.24, 2.45) is 5.92 Å². The van der Waals surface area contributed by atoms with Gasteiger partial charge in [-0.15, -0.1) is 10.2 Å². The molecule has 0 unspecified atom stereocenters. The van der Waals surface area contributed by atoms with E-state index in [9.17, 15) is 4.79 Å². The molecule has 0 spiro atoms. The zero-order valence-electron chi connectivity index (χ0n) is 14.4. The Bertz CT molecular complexity index is 672. The van der Waals surface area contributed by atoms with Crippen LogP contribution in [0.15, 0.2) is 33.9 Å². The van der Waals surface area contributed by atoms with Crippen LogP contribution in [0.4, 0.5) is 5.69 Å². The minimum atomic E-state index is -0.0889. The number of benzene rings is 1.